The summed E-state index contributed by atoms with van der Waals surface area (Å²) in [7, 11) is 0. The van der Waals surface area contributed by atoms with Crippen LogP contribution in [0.4, 0.5) is 13.2 Å². The molecule has 2 atom stereocenters. The second-order valence-electron chi connectivity index (χ2n) is 7.71. The highest BCUT2D eigenvalue weighted by Crippen LogP contribution is 2.32. The van der Waals surface area contributed by atoms with Crippen LogP contribution in [0.1, 0.15) is 55.7 Å². The van der Waals surface area contributed by atoms with Crippen LogP contribution in [0.5, 0.6) is 0 Å². The molecule has 1 saturated heterocycles. The fourth-order valence-corrected chi connectivity index (χ4v) is 3.87. The maximum Gasteiger partial charge on any atom is 0.433 e. The number of nitrogens with zero attached hydrogens (tertiary/aromatic N) is 6. The molecule has 7 nitrogen and oxygen atoms in total. The van der Waals surface area contributed by atoms with Crippen molar-refractivity contribution in [3.8, 4) is 0 Å². The molecule has 0 spiro atoms. The molecule has 3 aromatic heterocycles. The molecule has 0 aromatic carbocycles. The first-order valence-electron chi connectivity index (χ1n) is 9.98. The molecule has 10 heteroatoms. The van der Waals surface area contributed by atoms with E-state index in [9.17, 15) is 18.0 Å². The molecule has 0 saturated carbocycles. The van der Waals surface area contributed by atoms with Crippen molar-refractivity contribution in [2.45, 2.75) is 51.2 Å². The van der Waals surface area contributed by atoms with Crippen LogP contribution in [-0.4, -0.2) is 48.0 Å². The third kappa shape index (κ3) is 3.90. The molecule has 1 amide bonds. The van der Waals surface area contributed by atoms with Crippen molar-refractivity contribution in [2.24, 2.45) is 0 Å². The van der Waals surface area contributed by atoms with Crippen molar-refractivity contribution >= 4 is 11.6 Å². The summed E-state index contributed by atoms with van der Waals surface area (Å²) in [5.41, 5.74) is 0.281. The summed E-state index contributed by atoms with van der Waals surface area (Å²) >= 11 is 0. The molecule has 4 heterocycles. The standard InChI is InChI=1S/C20H23F3N6O/c1-3-15-9-17(20(21,22)23)29-18(25-15)10-16(26-29)14-4-6-27(11-14)19(30)8-13(2)28-7-5-24-12-28/h5,7,9-10,12-14H,3-4,6,8,11H2,1-2H3/t13-,14-/m1/s1. The Kier molecular flexibility index (Phi) is 5.25. The fraction of sp³-hybridized carbons (Fsp3) is 0.500. The molecule has 1 fully saturated rings. The summed E-state index contributed by atoms with van der Waals surface area (Å²) in [6.07, 6.45) is 2.05. The van der Waals surface area contributed by atoms with Gasteiger partial charge in [0.25, 0.3) is 0 Å². The van der Waals surface area contributed by atoms with Gasteiger partial charge in [-0.05, 0) is 25.8 Å². The number of carbonyl (C=O) groups excluding carboxylic acids is 1. The molecule has 1 aliphatic heterocycles. The molecule has 0 bridgehead atoms. The lowest BCUT2D eigenvalue weighted by Gasteiger charge is -2.19. The highest BCUT2D eigenvalue weighted by molar-refractivity contribution is 5.77. The lowest BCUT2D eigenvalue weighted by molar-refractivity contribution is -0.142. The average molecular weight is 420 g/mol. The first-order valence-corrected chi connectivity index (χ1v) is 9.98. The van der Waals surface area contributed by atoms with Crippen LogP contribution in [0.3, 0.4) is 0 Å². The Morgan fingerprint density at radius 3 is 2.80 bits per heavy atom. The van der Waals surface area contributed by atoms with E-state index in [1.165, 1.54) is 0 Å². The number of imidazole rings is 1. The SMILES string of the molecule is CCc1cc(C(F)(F)F)n2nc([C@@H]3CCN(C(=O)C[C@@H](C)n4ccnc4)C3)cc2n1. The Hall–Kier alpha value is -2.91. The number of likely N-dealkylation sites (tertiary alicyclic amines) is 1. The van der Waals surface area contributed by atoms with Crippen LogP contribution < -0.4 is 0 Å². The van der Waals surface area contributed by atoms with Crippen LogP contribution in [0.15, 0.2) is 30.9 Å². The summed E-state index contributed by atoms with van der Waals surface area (Å²) in [5.74, 6) is -0.0878. The van der Waals surface area contributed by atoms with Gasteiger partial charge in [-0.15, -0.1) is 0 Å². The predicted molar refractivity (Wildman–Crippen MR) is 103 cm³/mol. The maximum atomic E-state index is 13.5. The highest BCUT2D eigenvalue weighted by Gasteiger charge is 2.36. The van der Waals surface area contributed by atoms with Crippen LogP contribution in [-0.2, 0) is 17.4 Å². The predicted octanol–water partition coefficient (Wildman–Crippen LogP) is 3.47. The number of amides is 1. The molecule has 0 unspecified atom stereocenters. The summed E-state index contributed by atoms with van der Waals surface area (Å²) < 4.78 is 43.2. The highest BCUT2D eigenvalue weighted by atomic mass is 19.4. The number of carbonyl (C=O) groups is 1. The van der Waals surface area contributed by atoms with E-state index in [-0.39, 0.29) is 23.5 Å². The minimum absolute atomic E-state index is 0.0137. The number of halogens is 3. The third-order valence-corrected chi connectivity index (χ3v) is 5.61. The molecule has 160 valence electrons. The Morgan fingerprint density at radius 2 is 2.13 bits per heavy atom. The second-order valence-corrected chi connectivity index (χ2v) is 7.71. The van der Waals surface area contributed by atoms with Crippen LogP contribution in [0, 0.1) is 0 Å². The molecular weight excluding hydrogens is 397 g/mol. The van der Waals surface area contributed by atoms with Gasteiger partial charge < -0.3 is 9.47 Å². The number of hydrogen-bond donors (Lipinski definition) is 0. The molecule has 3 aromatic rings. The van der Waals surface area contributed by atoms with E-state index >= 15 is 0 Å². The van der Waals surface area contributed by atoms with Crippen molar-refractivity contribution in [1.82, 2.24) is 29.0 Å². The van der Waals surface area contributed by atoms with Crippen molar-refractivity contribution < 1.29 is 18.0 Å². The van der Waals surface area contributed by atoms with Crippen molar-refractivity contribution in [1.29, 1.82) is 0 Å². The van der Waals surface area contributed by atoms with Gasteiger partial charge in [-0.1, -0.05) is 6.92 Å². The molecule has 4 rings (SSSR count). The Balaban J connectivity index is 1.52. The molecular formula is C20H23F3N6O. The van der Waals surface area contributed by atoms with Gasteiger partial charge in [-0.2, -0.15) is 18.3 Å². The van der Waals surface area contributed by atoms with E-state index in [0.29, 0.717) is 43.7 Å². The number of aromatic nitrogens is 5. The number of rotatable bonds is 5. The summed E-state index contributed by atoms with van der Waals surface area (Å²) in [4.78, 5) is 22.7. The van der Waals surface area contributed by atoms with Gasteiger partial charge in [0.15, 0.2) is 5.65 Å². The summed E-state index contributed by atoms with van der Waals surface area (Å²) in [6, 6.07) is 2.65. The number of aryl methyl sites for hydroxylation is 1. The second kappa shape index (κ2) is 7.73. The maximum absolute atomic E-state index is 13.5. The zero-order chi connectivity index (χ0) is 21.5. The van der Waals surface area contributed by atoms with Gasteiger partial charge in [0.1, 0.15) is 5.69 Å². The Morgan fingerprint density at radius 1 is 1.33 bits per heavy atom. The smallest absolute Gasteiger partial charge is 0.342 e. The van der Waals surface area contributed by atoms with E-state index in [1.807, 2.05) is 17.7 Å². The molecule has 0 aliphatic carbocycles. The first-order chi connectivity index (χ1) is 14.3. The van der Waals surface area contributed by atoms with Crippen molar-refractivity contribution in [3.63, 3.8) is 0 Å². The summed E-state index contributed by atoms with van der Waals surface area (Å²) in [5, 5.41) is 4.22. The zero-order valence-electron chi connectivity index (χ0n) is 16.8. The van der Waals surface area contributed by atoms with Crippen LogP contribution in [0.25, 0.3) is 5.65 Å². The minimum atomic E-state index is -4.52. The number of hydrogen-bond acceptors (Lipinski definition) is 4. The Bertz CT molecular complexity index is 1040. The molecule has 0 N–H and O–H groups in total. The average Bonchev–Trinajstić information content (AvgIpc) is 3.45. The monoisotopic (exact) mass is 420 g/mol. The lowest BCUT2D eigenvalue weighted by Crippen LogP contribution is -2.30. The van der Waals surface area contributed by atoms with E-state index < -0.39 is 11.9 Å². The molecule has 30 heavy (non-hydrogen) atoms. The number of alkyl halides is 3. The first kappa shape index (κ1) is 20.4. The van der Waals surface area contributed by atoms with Gasteiger partial charge in [-0.3, -0.25) is 4.79 Å². The van der Waals surface area contributed by atoms with Crippen LogP contribution in [0.2, 0.25) is 0 Å². The van der Waals surface area contributed by atoms with Gasteiger partial charge in [0.05, 0.1) is 12.0 Å². The lowest BCUT2D eigenvalue weighted by atomic mass is 10.1. The van der Waals surface area contributed by atoms with Gasteiger partial charge >= 0.3 is 6.18 Å². The van der Waals surface area contributed by atoms with E-state index in [4.69, 9.17) is 0 Å². The van der Waals surface area contributed by atoms with E-state index in [0.717, 1.165) is 10.6 Å². The van der Waals surface area contributed by atoms with Gasteiger partial charge in [0, 0.05) is 55.6 Å². The summed E-state index contributed by atoms with van der Waals surface area (Å²) in [6.45, 7) is 4.72. The van der Waals surface area contributed by atoms with Gasteiger partial charge in [0.2, 0.25) is 5.91 Å². The fourth-order valence-electron chi connectivity index (χ4n) is 3.87. The molecule has 1 aliphatic rings. The van der Waals surface area contributed by atoms with E-state index in [2.05, 4.69) is 15.1 Å². The van der Waals surface area contributed by atoms with Gasteiger partial charge in [-0.25, -0.2) is 14.5 Å². The third-order valence-electron chi connectivity index (χ3n) is 5.61. The largest absolute Gasteiger partial charge is 0.433 e. The topological polar surface area (TPSA) is 68.3 Å². The number of fused-ring (bicyclic) bond motifs is 1. The van der Waals surface area contributed by atoms with Crippen LogP contribution >= 0.6 is 0 Å². The molecule has 0 radical (unpaired) electrons. The zero-order valence-corrected chi connectivity index (χ0v) is 16.8. The Labute approximate surface area is 171 Å². The quantitative estimate of drug-likeness (QED) is 0.634. The van der Waals surface area contributed by atoms with Crippen molar-refractivity contribution in [2.75, 3.05) is 13.1 Å². The van der Waals surface area contributed by atoms with E-state index in [1.54, 1.807) is 30.4 Å². The normalized spacial score (nSPS) is 18.3. The minimum Gasteiger partial charge on any atom is -0.342 e. The van der Waals surface area contributed by atoms with Crippen molar-refractivity contribution in [3.05, 3.63) is 47.9 Å².